The van der Waals surface area contributed by atoms with Gasteiger partial charge in [0.2, 0.25) is 5.91 Å². The molecule has 0 aliphatic rings. The maximum absolute atomic E-state index is 11.1. The lowest BCUT2D eigenvalue weighted by Gasteiger charge is -2.05. The smallest absolute Gasteiger partial charge is 0.242 e. The van der Waals surface area contributed by atoms with Gasteiger partial charge in [0.15, 0.2) is 0 Å². The molecule has 0 aliphatic carbocycles. The normalized spacial score (nSPS) is 12.2. The number of anilines is 1. The van der Waals surface area contributed by atoms with Crippen molar-refractivity contribution in [1.82, 2.24) is 9.97 Å². The van der Waals surface area contributed by atoms with Crippen molar-refractivity contribution in [3.8, 4) is 0 Å². The predicted molar refractivity (Wildman–Crippen MR) is 49.3 cm³/mol. The van der Waals surface area contributed by atoms with Crippen molar-refractivity contribution in [1.29, 1.82) is 0 Å². The molecule has 3 N–H and O–H groups in total. The van der Waals surface area contributed by atoms with Gasteiger partial charge in [0.05, 0.1) is 6.04 Å². The Balaban J connectivity index is 2.69. The molecule has 13 heavy (non-hydrogen) atoms. The third-order valence-corrected chi connectivity index (χ3v) is 1.51. The molecule has 1 rings (SSSR count). The first-order chi connectivity index (χ1) is 6.09. The van der Waals surface area contributed by atoms with Crippen LogP contribution in [-0.4, -0.2) is 21.9 Å². The van der Waals surface area contributed by atoms with Gasteiger partial charge in [0, 0.05) is 6.07 Å². The second-order valence-corrected chi connectivity index (χ2v) is 2.89. The van der Waals surface area contributed by atoms with E-state index >= 15 is 0 Å². The van der Waals surface area contributed by atoms with Crippen LogP contribution in [0.15, 0.2) is 12.4 Å². The number of hydrogen-bond acceptors (Lipinski definition) is 4. The average Bonchev–Trinajstić information content (AvgIpc) is 2.04. The lowest BCUT2D eigenvalue weighted by Crippen LogP contribution is -2.32. The van der Waals surface area contributed by atoms with Gasteiger partial charge in [-0.2, -0.15) is 0 Å². The number of rotatable bonds is 2. The number of halogens is 1. The van der Waals surface area contributed by atoms with Crippen molar-refractivity contribution in [3.05, 3.63) is 17.5 Å². The van der Waals surface area contributed by atoms with Crippen molar-refractivity contribution in [2.45, 2.75) is 13.0 Å². The molecule has 70 valence electrons. The largest absolute Gasteiger partial charge is 0.320 e. The lowest BCUT2D eigenvalue weighted by molar-refractivity contribution is -0.117. The summed E-state index contributed by atoms with van der Waals surface area (Å²) in [4.78, 5) is 18.5. The molecule has 0 bridgehead atoms. The molecule has 1 atom stereocenters. The summed E-state index contributed by atoms with van der Waals surface area (Å²) in [6.07, 6.45) is 1.26. The first kappa shape index (κ1) is 9.88. The molecule has 0 radical (unpaired) electrons. The molecular weight excluding hydrogens is 192 g/mol. The van der Waals surface area contributed by atoms with E-state index in [1.165, 1.54) is 12.4 Å². The highest BCUT2D eigenvalue weighted by molar-refractivity contribution is 6.29. The number of carbonyl (C=O) groups is 1. The summed E-state index contributed by atoms with van der Waals surface area (Å²) >= 11 is 5.57. The Hall–Kier alpha value is -1.20. The van der Waals surface area contributed by atoms with E-state index in [1.54, 1.807) is 6.92 Å². The van der Waals surface area contributed by atoms with E-state index in [9.17, 15) is 4.79 Å². The molecule has 5 nitrogen and oxygen atoms in total. The maximum atomic E-state index is 11.1. The van der Waals surface area contributed by atoms with E-state index in [-0.39, 0.29) is 11.1 Å². The van der Waals surface area contributed by atoms with E-state index < -0.39 is 6.04 Å². The first-order valence-electron chi connectivity index (χ1n) is 3.63. The fraction of sp³-hybridized carbons (Fsp3) is 0.286. The van der Waals surface area contributed by atoms with Gasteiger partial charge in [-0.3, -0.25) is 4.79 Å². The minimum absolute atomic E-state index is 0.273. The molecular formula is C7H9ClN4O. The van der Waals surface area contributed by atoms with Gasteiger partial charge < -0.3 is 11.1 Å². The van der Waals surface area contributed by atoms with Crippen LogP contribution in [-0.2, 0) is 4.79 Å². The molecule has 1 aromatic rings. The highest BCUT2D eigenvalue weighted by atomic mass is 35.5. The van der Waals surface area contributed by atoms with Crippen molar-refractivity contribution >= 4 is 23.3 Å². The lowest BCUT2D eigenvalue weighted by atomic mass is 10.3. The van der Waals surface area contributed by atoms with E-state index in [0.29, 0.717) is 5.82 Å². The molecule has 0 saturated carbocycles. The number of carbonyl (C=O) groups excluding carboxylic acids is 1. The molecule has 0 saturated heterocycles. The molecule has 6 heteroatoms. The van der Waals surface area contributed by atoms with Gasteiger partial charge in [-0.25, -0.2) is 9.97 Å². The number of nitrogens with two attached hydrogens (primary N) is 1. The minimum Gasteiger partial charge on any atom is -0.320 e. The van der Waals surface area contributed by atoms with Gasteiger partial charge in [0.1, 0.15) is 17.3 Å². The summed E-state index contributed by atoms with van der Waals surface area (Å²) in [5.74, 6) is 0.0390. The van der Waals surface area contributed by atoms with Gasteiger partial charge in [-0.05, 0) is 6.92 Å². The SMILES string of the molecule is C[C@@H](N)C(=O)Nc1cc(Cl)ncn1. The highest BCUT2D eigenvalue weighted by Gasteiger charge is 2.07. The Labute approximate surface area is 80.3 Å². The monoisotopic (exact) mass is 200 g/mol. The zero-order valence-electron chi connectivity index (χ0n) is 6.99. The van der Waals surface area contributed by atoms with E-state index in [1.807, 2.05) is 0 Å². The highest BCUT2D eigenvalue weighted by Crippen LogP contribution is 2.08. The second kappa shape index (κ2) is 4.15. The summed E-state index contributed by atoms with van der Waals surface area (Å²) in [5.41, 5.74) is 5.33. The molecule has 0 unspecified atom stereocenters. The molecule has 0 fully saturated rings. The Morgan fingerprint density at radius 3 is 2.92 bits per heavy atom. The Morgan fingerprint density at radius 1 is 1.69 bits per heavy atom. The molecule has 0 aromatic carbocycles. The number of aromatic nitrogens is 2. The van der Waals surface area contributed by atoms with E-state index in [2.05, 4.69) is 15.3 Å². The van der Waals surface area contributed by atoms with E-state index in [4.69, 9.17) is 17.3 Å². The molecule has 1 aromatic heterocycles. The maximum Gasteiger partial charge on any atom is 0.242 e. The predicted octanol–water partition coefficient (Wildman–Crippen LogP) is 0.416. The minimum atomic E-state index is -0.575. The van der Waals surface area contributed by atoms with Crippen LogP contribution < -0.4 is 11.1 Å². The van der Waals surface area contributed by atoms with Crippen LogP contribution in [0, 0.1) is 0 Å². The van der Waals surface area contributed by atoms with Crippen molar-refractivity contribution in [2.75, 3.05) is 5.32 Å². The quantitative estimate of drug-likeness (QED) is 0.678. The second-order valence-electron chi connectivity index (χ2n) is 2.50. The van der Waals surface area contributed by atoms with Crippen LogP contribution in [0.1, 0.15) is 6.92 Å². The van der Waals surface area contributed by atoms with E-state index in [0.717, 1.165) is 0 Å². The van der Waals surface area contributed by atoms with Crippen LogP contribution in [0.3, 0.4) is 0 Å². The first-order valence-corrected chi connectivity index (χ1v) is 4.01. The average molecular weight is 201 g/mol. The standard InChI is InChI=1S/C7H9ClN4O/c1-4(9)7(13)12-6-2-5(8)10-3-11-6/h2-4H,9H2,1H3,(H,10,11,12,13)/t4-/m1/s1. The molecule has 0 aliphatic heterocycles. The third-order valence-electron chi connectivity index (χ3n) is 1.30. The fourth-order valence-electron chi connectivity index (χ4n) is 0.642. The van der Waals surface area contributed by atoms with Crippen LogP contribution in [0.2, 0.25) is 5.15 Å². The summed E-state index contributed by atoms with van der Waals surface area (Å²) in [6, 6.07) is 0.871. The number of amides is 1. The summed E-state index contributed by atoms with van der Waals surface area (Å²) in [6.45, 7) is 1.58. The van der Waals surface area contributed by atoms with Crippen LogP contribution >= 0.6 is 11.6 Å². The zero-order valence-corrected chi connectivity index (χ0v) is 7.75. The Bertz CT molecular complexity index is 315. The number of hydrogen-bond donors (Lipinski definition) is 2. The number of nitrogens with zero attached hydrogens (tertiary/aromatic N) is 2. The third kappa shape index (κ3) is 2.96. The van der Waals surface area contributed by atoms with Crippen LogP contribution in [0.5, 0.6) is 0 Å². The Kier molecular flexibility index (Phi) is 3.16. The van der Waals surface area contributed by atoms with Crippen molar-refractivity contribution in [3.63, 3.8) is 0 Å². The van der Waals surface area contributed by atoms with Gasteiger partial charge in [-0.15, -0.1) is 0 Å². The topological polar surface area (TPSA) is 80.9 Å². The summed E-state index contributed by atoms with van der Waals surface area (Å²) in [7, 11) is 0. The van der Waals surface area contributed by atoms with Crippen LogP contribution in [0.4, 0.5) is 5.82 Å². The summed E-state index contributed by atoms with van der Waals surface area (Å²) in [5, 5.41) is 2.76. The molecule has 0 spiro atoms. The zero-order chi connectivity index (χ0) is 9.84. The molecule has 1 amide bonds. The van der Waals surface area contributed by atoms with Crippen molar-refractivity contribution < 1.29 is 4.79 Å². The van der Waals surface area contributed by atoms with Crippen LogP contribution in [0.25, 0.3) is 0 Å². The summed E-state index contributed by atoms with van der Waals surface area (Å²) < 4.78 is 0. The van der Waals surface area contributed by atoms with Crippen molar-refractivity contribution in [2.24, 2.45) is 5.73 Å². The van der Waals surface area contributed by atoms with Gasteiger partial charge in [0.25, 0.3) is 0 Å². The van der Waals surface area contributed by atoms with Gasteiger partial charge in [-0.1, -0.05) is 11.6 Å². The van der Waals surface area contributed by atoms with Gasteiger partial charge >= 0.3 is 0 Å². The number of nitrogens with one attached hydrogen (secondary N) is 1. The fourth-order valence-corrected chi connectivity index (χ4v) is 0.789. The molecule has 1 heterocycles. The Morgan fingerprint density at radius 2 is 2.38 bits per heavy atom.